The number of amides is 2. The summed E-state index contributed by atoms with van der Waals surface area (Å²) in [5, 5.41) is 2.85. The van der Waals surface area contributed by atoms with E-state index in [0.29, 0.717) is 17.0 Å². The Labute approximate surface area is 130 Å². The summed E-state index contributed by atoms with van der Waals surface area (Å²) >= 11 is 0. The van der Waals surface area contributed by atoms with Crippen LogP contribution in [0.15, 0.2) is 11.8 Å². The first-order chi connectivity index (χ1) is 9.89. The molecule has 124 valence electrons. The topological polar surface area (TPSA) is 84.9 Å². The van der Waals surface area contributed by atoms with Crippen molar-refractivity contribution in [3.05, 3.63) is 11.8 Å². The van der Waals surface area contributed by atoms with E-state index in [4.69, 9.17) is 9.47 Å². The molecule has 0 spiro atoms. The minimum atomic E-state index is -0.881. The van der Waals surface area contributed by atoms with E-state index in [1.54, 1.807) is 41.5 Å². The highest BCUT2D eigenvalue weighted by Gasteiger charge is 2.31. The van der Waals surface area contributed by atoms with Crippen LogP contribution in [0.2, 0.25) is 0 Å². The van der Waals surface area contributed by atoms with Gasteiger partial charge < -0.3 is 14.8 Å². The van der Waals surface area contributed by atoms with Crippen LogP contribution < -0.4 is 5.32 Å². The fourth-order valence-corrected chi connectivity index (χ4v) is 1.60. The Kier molecular flexibility index (Phi) is 5.35. The highest BCUT2D eigenvalue weighted by Crippen LogP contribution is 2.16. The molecule has 0 radical (unpaired) electrons. The predicted octanol–water partition coefficient (Wildman–Crippen LogP) is 2.21. The lowest BCUT2D eigenvalue weighted by atomic mass is 10.2. The predicted molar refractivity (Wildman–Crippen MR) is 80.3 cm³/mol. The molecule has 0 bridgehead atoms. The van der Waals surface area contributed by atoms with Gasteiger partial charge >= 0.3 is 12.2 Å². The summed E-state index contributed by atoms with van der Waals surface area (Å²) in [6.07, 6.45) is -0.576. The van der Waals surface area contributed by atoms with Crippen molar-refractivity contribution < 1.29 is 23.9 Å². The largest absolute Gasteiger partial charge is 0.443 e. The first-order valence-electron chi connectivity index (χ1n) is 7.09. The molecule has 7 heteroatoms. The molecular weight excluding hydrogens is 288 g/mol. The van der Waals surface area contributed by atoms with E-state index >= 15 is 0 Å². The van der Waals surface area contributed by atoms with Crippen molar-refractivity contribution in [3.8, 4) is 0 Å². The van der Waals surface area contributed by atoms with Gasteiger partial charge in [-0.05, 0) is 41.5 Å². The first kappa shape index (κ1) is 18.2. The third-order valence-corrected chi connectivity index (χ3v) is 2.42. The Morgan fingerprint density at radius 2 is 1.45 bits per heavy atom. The van der Waals surface area contributed by atoms with E-state index in [2.05, 4.69) is 5.32 Å². The van der Waals surface area contributed by atoms with E-state index < -0.39 is 23.4 Å². The molecule has 0 aliphatic carbocycles. The number of nitrogens with one attached hydrogen (secondary N) is 1. The van der Waals surface area contributed by atoms with Crippen molar-refractivity contribution in [3.63, 3.8) is 0 Å². The standard InChI is InChI=1S/C15H24N2O5/c1-14(2,3)21-12(19)17(13(20)22-15(4,5)6)9-10-7-16-8-11(10)18/h9,16H,7-8H2,1-6H3. The molecule has 0 aromatic carbocycles. The Hall–Kier alpha value is -1.89. The molecular formula is C15H24N2O5. The van der Waals surface area contributed by atoms with E-state index in [1.807, 2.05) is 0 Å². The number of Topliss-reactive ketones (excluding diaryl/α,β-unsaturated/α-hetero) is 1. The summed E-state index contributed by atoms with van der Waals surface area (Å²) in [4.78, 5) is 36.8. The fraction of sp³-hybridized carbons (Fsp3) is 0.667. The van der Waals surface area contributed by atoms with Crippen LogP contribution in [0.1, 0.15) is 41.5 Å². The summed E-state index contributed by atoms with van der Waals surface area (Å²) in [7, 11) is 0. The zero-order chi connectivity index (χ0) is 17.1. The molecule has 1 aliphatic rings. The number of ether oxygens (including phenoxy) is 2. The summed E-state index contributed by atoms with van der Waals surface area (Å²) in [6, 6.07) is 0. The SMILES string of the molecule is CC(C)(C)OC(=O)N(C=C1CNCC1=O)C(=O)OC(C)(C)C. The summed E-state index contributed by atoms with van der Waals surface area (Å²) in [5.74, 6) is -0.169. The van der Waals surface area contributed by atoms with E-state index in [9.17, 15) is 14.4 Å². The van der Waals surface area contributed by atoms with Crippen molar-refractivity contribution >= 4 is 18.0 Å². The maximum Gasteiger partial charge on any atom is 0.424 e. The smallest absolute Gasteiger partial charge is 0.424 e. The molecule has 0 aromatic rings. The second-order valence-electron chi connectivity index (χ2n) is 7.01. The fourth-order valence-electron chi connectivity index (χ4n) is 1.60. The molecule has 2 amide bonds. The Morgan fingerprint density at radius 3 is 1.77 bits per heavy atom. The van der Waals surface area contributed by atoms with E-state index in [1.165, 1.54) is 6.20 Å². The van der Waals surface area contributed by atoms with Crippen molar-refractivity contribution in [2.75, 3.05) is 13.1 Å². The van der Waals surface area contributed by atoms with Crippen LogP contribution in [-0.4, -0.2) is 47.2 Å². The van der Waals surface area contributed by atoms with Crippen LogP contribution in [0.5, 0.6) is 0 Å². The first-order valence-corrected chi connectivity index (χ1v) is 7.09. The Bertz CT molecular complexity index is 469. The van der Waals surface area contributed by atoms with Crippen molar-refractivity contribution in [2.45, 2.75) is 52.7 Å². The number of nitrogens with zero attached hydrogens (tertiary/aromatic N) is 1. The van der Waals surface area contributed by atoms with Crippen LogP contribution in [0.3, 0.4) is 0 Å². The molecule has 1 N–H and O–H groups in total. The lowest BCUT2D eigenvalue weighted by Crippen LogP contribution is -2.41. The third-order valence-electron chi connectivity index (χ3n) is 2.42. The highest BCUT2D eigenvalue weighted by atomic mass is 16.6. The maximum atomic E-state index is 12.2. The minimum Gasteiger partial charge on any atom is -0.443 e. The van der Waals surface area contributed by atoms with Crippen molar-refractivity contribution in [2.24, 2.45) is 0 Å². The van der Waals surface area contributed by atoms with Crippen molar-refractivity contribution in [1.82, 2.24) is 10.2 Å². The molecule has 1 aliphatic heterocycles. The van der Waals surface area contributed by atoms with Gasteiger partial charge in [0, 0.05) is 18.3 Å². The monoisotopic (exact) mass is 312 g/mol. The lowest BCUT2D eigenvalue weighted by molar-refractivity contribution is -0.113. The van der Waals surface area contributed by atoms with Gasteiger partial charge in [-0.1, -0.05) is 0 Å². The van der Waals surface area contributed by atoms with Crippen LogP contribution in [0, 0.1) is 0 Å². The molecule has 0 unspecified atom stereocenters. The highest BCUT2D eigenvalue weighted by molar-refractivity contribution is 6.01. The summed E-state index contributed by atoms with van der Waals surface area (Å²) < 4.78 is 10.4. The van der Waals surface area contributed by atoms with Gasteiger partial charge in [0.15, 0.2) is 5.78 Å². The minimum absolute atomic E-state index is 0.169. The lowest BCUT2D eigenvalue weighted by Gasteiger charge is -2.27. The second kappa shape index (κ2) is 6.48. The molecule has 1 heterocycles. The zero-order valence-electron chi connectivity index (χ0n) is 14.0. The Balaban J connectivity index is 3.02. The Morgan fingerprint density at radius 1 is 1.00 bits per heavy atom. The van der Waals surface area contributed by atoms with E-state index in [0.717, 1.165) is 0 Å². The van der Waals surface area contributed by atoms with Gasteiger partial charge in [0.05, 0.1) is 6.54 Å². The summed E-state index contributed by atoms with van der Waals surface area (Å²) in [5.41, 5.74) is -1.21. The van der Waals surface area contributed by atoms with Gasteiger partial charge in [-0.25, -0.2) is 9.59 Å². The van der Waals surface area contributed by atoms with E-state index in [-0.39, 0.29) is 12.3 Å². The summed E-state index contributed by atoms with van der Waals surface area (Å²) in [6.45, 7) is 10.6. The van der Waals surface area contributed by atoms with Gasteiger partial charge in [0.25, 0.3) is 0 Å². The number of rotatable bonds is 1. The van der Waals surface area contributed by atoms with Crippen LogP contribution in [0.4, 0.5) is 9.59 Å². The molecule has 7 nitrogen and oxygen atoms in total. The molecule has 1 fully saturated rings. The van der Waals surface area contributed by atoms with Crippen LogP contribution in [0.25, 0.3) is 0 Å². The number of ketones is 1. The van der Waals surface area contributed by atoms with Gasteiger partial charge in [0.1, 0.15) is 11.2 Å². The molecule has 1 rings (SSSR count). The number of hydrogen-bond acceptors (Lipinski definition) is 6. The average molecular weight is 312 g/mol. The second-order valence-corrected chi connectivity index (χ2v) is 7.01. The molecule has 1 saturated heterocycles. The molecule has 0 saturated carbocycles. The van der Waals surface area contributed by atoms with Gasteiger partial charge in [-0.2, -0.15) is 4.90 Å². The normalized spacial score (nSPS) is 17.5. The molecule has 0 atom stereocenters. The number of hydrogen-bond donors (Lipinski definition) is 1. The van der Waals surface area contributed by atoms with Gasteiger partial charge in [0.2, 0.25) is 0 Å². The third kappa shape index (κ3) is 5.85. The van der Waals surface area contributed by atoms with Crippen LogP contribution >= 0.6 is 0 Å². The quantitative estimate of drug-likeness (QED) is 0.747. The van der Waals surface area contributed by atoms with Crippen LogP contribution in [-0.2, 0) is 14.3 Å². The maximum absolute atomic E-state index is 12.2. The molecule has 0 aromatic heterocycles. The number of carbonyl (C=O) groups is 3. The molecule has 22 heavy (non-hydrogen) atoms. The zero-order valence-corrected chi connectivity index (χ0v) is 14.0. The average Bonchev–Trinajstić information content (AvgIpc) is 2.66. The van der Waals surface area contributed by atoms with Gasteiger partial charge in [-0.3, -0.25) is 4.79 Å². The van der Waals surface area contributed by atoms with Gasteiger partial charge in [-0.15, -0.1) is 0 Å². The van der Waals surface area contributed by atoms with Crippen molar-refractivity contribution in [1.29, 1.82) is 0 Å². The number of imide groups is 1. The number of carbonyl (C=O) groups excluding carboxylic acids is 3.